The lowest BCUT2D eigenvalue weighted by Crippen LogP contribution is -2.42. The molecule has 5 heteroatoms. The first-order chi connectivity index (χ1) is 9.60. The van der Waals surface area contributed by atoms with Crippen LogP contribution in [0, 0.1) is 0 Å². The summed E-state index contributed by atoms with van der Waals surface area (Å²) in [5, 5.41) is 14.3. The van der Waals surface area contributed by atoms with E-state index >= 15 is 0 Å². The van der Waals surface area contributed by atoms with Gasteiger partial charge in [0, 0.05) is 35.8 Å². The molecule has 1 aliphatic heterocycles. The van der Waals surface area contributed by atoms with Crippen LogP contribution in [0.15, 0.2) is 12.1 Å². The van der Waals surface area contributed by atoms with Gasteiger partial charge in [-0.25, -0.2) is 0 Å². The molecule has 1 unspecified atom stereocenters. The summed E-state index contributed by atoms with van der Waals surface area (Å²) in [6.07, 6.45) is 3.78. The van der Waals surface area contributed by atoms with E-state index in [9.17, 15) is 5.11 Å². The van der Waals surface area contributed by atoms with Crippen molar-refractivity contribution >= 4 is 11.6 Å². The van der Waals surface area contributed by atoms with Crippen LogP contribution < -0.4 is 10.1 Å². The van der Waals surface area contributed by atoms with Gasteiger partial charge in [0.15, 0.2) is 11.5 Å². The van der Waals surface area contributed by atoms with E-state index in [0.717, 1.165) is 18.7 Å². The van der Waals surface area contributed by atoms with Gasteiger partial charge in [-0.05, 0) is 32.5 Å². The number of hydrogen-bond acceptors (Lipinski definition) is 4. The van der Waals surface area contributed by atoms with E-state index in [1.165, 1.54) is 26.4 Å². The summed E-state index contributed by atoms with van der Waals surface area (Å²) in [6.45, 7) is 2.73. The van der Waals surface area contributed by atoms with E-state index in [1.807, 2.05) is 0 Å². The van der Waals surface area contributed by atoms with Crippen molar-refractivity contribution in [3.8, 4) is 11.5 Å². The van der Waals surface area contributed by atoms with Crippen molar-refractivity contribution in [1.82, 2.24) is 10.2 Å². The Kier molecular flexibility index (Phi) is 5.52. The van der Waals surface area contributed by atoms with Gasteiger partial charge in [-0.2, -0.15) is 0 Å². The van der Waals surface area contributed by atoms with Gasteiger partial charge in [0.1, 0.15) is 0 Å². The summed E-state index contributed by atoms with van der Waals surface area (Å²) in [5.41, 5.74) is 0.799. The zero-order valence-electron chi connectivity index (χ0n) is 12.2. The van der Waals surface area contributed by atoms with E-state index < -0.39 is 0 Å². The van der Waals surface area contributed by atoms with E-state index in [2.05, 4.69) is 17.3 Å². The average molecular weight is 299 g/mol. The fraction of sp³-hybridized carbons (Fsp3) is 0.600. The van der Waals surface area contributed by atoms with E-state index in [1.54, 1.807) is 12.1 Å². The highest BCUT2D eigenvalue weighted by atomic mass is 35.5. The number of ether oxygens (including phenoxy) is 1. The smallest absolute Gasteiger partial charge is 0.162 e. The molecule has 20 heavy (non-hydrogen) atoms. The molecular weight excluding hydrogens is 276 g/mol. The third-order valence-electron chi connectivity index (χ3n) is 3.72. The number of halogens is 1. The molecular formula is C15H23ClN2O2. The molecule has 0 bridgehead atoms. The highest BCUT2D eigenvalue weighted by Crippen LogP contribution is 2.34. The molecule has 2 rings (SSSR count). The molecule has 1 aliphatic rings. The lowest BCUT2D eigenvalue weighted by molar-refractivity contribution is 0.253. The highest BCUT2D eigenvalue weighted by Gasteiger charge is 2.17. The number of hydrogen-bond donors (Lipinski definition) is 2. The number of nitrogens with zero attached hydrogens (tertiary/aromatic N) is 1. The molecule has 4 nitrogen and oxygen atoms in total. The van der Waals surface area contributed by atoms with Crippen molar-refractivity contribution in [2.24, 2.45) is 0 Å². The summed E-state index contributed by atoms with van der Waals surface area (Å²) >= 11 is 6.05. The Hall–Kier alpha value is -0.970. The van der Waals surface area contributed by atoms with Gasteiger partial charge in [-0.1, -0.05) is 18.0 Å². The number of piperidine rings is 1. The molecule has 1 aromatic carbocycles. The molecule has 0 spiro atoms. The number of aromatic hydroxyl groups is 1. The molecule has 0 aliphatic carbocycles. The molecule has 0 saturated carbocycles. The van der Waals surface area contributed by atoms with Crippen LogP contribution in [0.3, 0.4) is 0 Å². The van der Waals surface area contributed by atoms with Crippen molar-refractivity contribution in [1.29, 1.82) is 0 Å². The topological polar surface area (TPSA) is 44.7 Å². The van der Waals surface area contributed by atoms with Gasteiger partial charge in [0.25, 0.3) is 0 Å². The largest absolute Gasteiger partial charge is 0.504 e. The highest BCUT2D eigenvalue weighted by molar-refractivity contribution is 6.30. The monoisotopic (exact) mass is 298 g/mol. The molecule has 1 aromatic rings. The molecule has 2 N–H and O–H groups in total. The maximum absolute atomic E-state index is 10.1. The van der Waals surface area contributed by atoms with Crippen LogP contribution in [-0.2, 0) is 6.54 Å². The number of benzene rings is 1. The summed E-state index contributed by atoms with van der Waals surface area (Å²) < 4.78 is 5.13. The van der Waals surface area contributed by atoms with Gasteiger partial charge in [-0.15, -0.1) is 0 Å². The molecule has 1 fully saturated rings. The van der Waals surface area contributed by atoms with Gasteiger partial charge in [0.05, 0.1) is 7.11 Å². The summed E-state index contributed by atoms with van der Waals surface area (Å²) in [5.74, 6) is 0.608. The average Bonchev–Trinajstić information content (AvgIpc) is 2.43. The van der Waals surface area contributed by atoms with Crippen LogP contribution in [0.25, 0.3) is 0 Å². The van der Waals surface area contributed by atoms with Gasteiger partial charge >= 0.3 is 0 Å². The van der Waals surface area contributed by atoms with Crippen LogP contribution in [0.4, 0.5) is 0 Å². The predicted molar refractivity (Wildman–Crippen MR) is 81.6 cm³/mol. The molecule has 1 heterocycles. The van der Waals surface area contributed by atoms with Crippen molar-refractivity contribution in [3.63, 3.8) is 0 Å². The Morgan fingerprint density at radius 3 is 2.90 bits per heavy atom. The Morgan fingerprint density at radius 1 is 1.45 bits per heavy atom. The van der Waals surface area contributed by atoms with Gasteiger partial charge in [-0.3, -0.25) is 0 Å². The molecule has 1 atom stereocenters. The first-order valence-electron chi connectivity index (χ1n) is 7.07. The Labute approximate surface area is 125 Å². The molecule has 112 valence electrons. The van der Waals surface area contributed by atoms with Crippen molar-refractivity contribution in [2.75, 3.05) is 27.2 Å². The fourth-order valence-electron chi connectivity index (χ4n) is 2.72. The standard InChI is InChI=1S/C15H23ClN2O2/c1-18(10-13-5-3-4-6-17-13)9-11-7-12(16)8-14(20-2)15(11)19/h7-8,13,17,19H,3-6,9-10H2,1-2H3. The number of nitrogens with one attached hydrogen (secondary N) is 1. The number of rotatable bonds is 5. The van der Waals surface area contributed by atoms with Crippen molar-refractivity contribution < 1.29 is 9.84 Å². The Balaban J connectivity index is 1.99. The maximum Gasteiger partial charge on any atom is 0.162 e. The number of methoxy groups -OCH3 is 1. The van der Waals surface area contributed by atoms with Crippen LogP contribution in [-0.4, -0.2) is 43.3 Å². The SMILES string of the molecule is COc1cc(Cl)cc(CN(C)CC2CCCCN2)c1O. The van der Waals surface area contributed by atoms with Gasteiger partial charge in [0.2, 0.25) is 0 Å². The van der Waals surface area contributed by atoms with Crippen LogP contribution in [0.1, 0.15) is 24.8 Å². The lowest BCUT2D eigenvalue weighted by atomic mass is 10.0. The Bertz CT molecular complexity index is 448. The summed E-state index contributed by atoms with van der Waals surface area (Å²) in [4.78, 5) is 2.20. The first kappa shape index (κ1) is 15.4. The summed E-state index contributed by atoms with van der Waals surface area (Å²) in [7, 11) is 3.59. The van der Waals surface area contributed by atoms with E-state index in [4.69, 9.17) is 16.3 Å². The molecule has 0 aromatic heterocycles. The zero-order chi connectivity index (χ0) is 14.5. The second kappa shape index (κ2) is 7.16. The second-order valence-electron chi connectivity index (χ2n) is 5.46. The number of phenols is 1. The molecule has 0 radical (unpaired) electrons. The maximum atomic E-state index is 10.1. The first-order valence-corrected chi connectivity index (χ1v) is 7.45. The van der Waals surface area contributed by atoms with Crippen LogP contribution in [0.5, 0.6) is 11.5 Å². The molecule has 1 saturated heterocycles. The van der Waals surface area contributed by atoms with Crippen LogP contribution in [0.2, 0.25) is 5.02 Å². The van der Waals surface area contributed by atoms with Gasteiger partial charge < -0.3 is 20.1 Å². The van der Waals surface area contributed by atoms with Crippen molar-refractivity contribution in [3.05, 3.63) is 22.7 Å². The minimum absolute atomic E-state index is 0.181. The quantitative estimate of drug-likeness (QED) is 0.877. The minimum Gasteiger partial charge on any atom is -0.504 e. The zero-order valence-corrected chi connectivity index (χ0v) is 12.9. The van der Waals surface area contributed by atoms with E-state index in [0.29, 0.717) is 23.4 Å². The van der Waals surface area contributed by atoms with Crippen LogP contribution >= 0.6 is 11.6 Å². The fourth-order valence-corrected chi connectivity index (χ4v) is 2.95. The normalized spacial score (nSPS) is 19.3. The minimum atomic E-state index is 0.181. The number of phenolic OH excluding ortho intramolecular Hbond substituents is 1. The number of likely N-dealkylation sites (N-methyl/N-ethyl adjacent to an activating group) is 1. The Morgan fingerprint density at radius 2 is 2.25 bits per heavy atom. The third-order valence-corrected chi connectivity index (χ3v) is 3.94. The third kappa shape index (κ3) is 4.01. The summed E-state index contributed by atoms with van der Waals surface area (Å²) in [6, 6.07) is 3.96. The lowest BCUT2D eigenvalue weighted by Gasteiger charge is -2.28. The predicted octanol–water partition coefficient (Wildman–Crippen LogP) is 2.63. The van der Waals surface area contributed by atoms with E-state index in [-0.39, 0.29) is 5.75 Å². The second-order valence-corrected chi connectivity index (χ2v) is 5.90. The molecule has 0 amide bonds. The van der Waals surface area contributed by atoms with Crippen molar-refractivity contribution in [2.45, 2.75) is 31.8 Å².